The summed E-state index contributed by atoms with van der Waals surface area (Å²) in [7, 11) is 0. The summed E-state index contributed by atoms with van der Waals surface area (Å²) in [5.41, 5.74) is 1.66. The van der Waals surface area contributed by atoms with Crippen molar-refractivity contribution >= 4 is 18.0 Å². The molecule has 1 aromatic carbocycles. The van der Waals surface area contributed by atoms with Gasteiger partial charge in [0.05, 0.1) is 30.8 Å². The van der Waals surface area contributed by atoms with E-state index in [-0.39, 0.29) is 41.6 Å². The van der Waals surface area contributed by atoms with Crippen molar-refractivity contribution in [2.24, 2.45) is 28.8 Å². The van der Waals surface area contributed by atoms with E-state index in [1.807, 2.05) is 32.9 Å². The van der Waals surface area contributed by atoms with Crippen LogP contribution < -0.4 is 9.47 Å². The van der Waals surface area contributed by atoms with Crippen LogP contribution in [0, 0.1) is 23.7 Å². The van der Waals surface area contributed by atoms with Gasteiger partial charge in [0.25, 0.3) is 11.8 Å². The predicted molar refractivity (Wildman–Crippen MR) is 114 cm³/mol. The number of carbonyl (C=O) groups excluding carboxylic acids is 2. The molecule has 3 aliphatic rings. The Morgan fingerprint density at radius 3 is 2.43 bits per heavy atom. The molecule has 1 saturated carbocycles. The number of ether oxygens (including phenoxy) is 2. The number of amides is 2. The Hall–Kier alpha value is -2.89. The van der Waals surface area contributed by atoms with Gasteiger partial charge in [0.2, 0.25) is 0 Å². The lowest BCUT2D eigenvalue weighted by atomic mass is 9.85. The van der Waals surface area contributed by atoms with E-state index in [2.05, 4.69) is 23.8 Å². The zero-order valence-electron chi connectivity index (χ0n) is 17.7. The minimum absolute atomic E-state index is 0.00415. The van der Waals surface area contributed by atoms with Gasteiger partial charge < -0.3 is 9.47 Å². The largest absolute Gasteiger partial charge is 0.490 e. The number of benzene rings is 1. The SMILES string of the molecule is C=CCc1cc(C=NN2C(=O)[C@@H]3[C@H](C2=O)[C@H]2C=C[C@H]3C2)cc(OCC)c1OC(C)C. The van der Waals surface area contributed by atoms with Crippen molar-refractivity contribution in [1.29, 1.82) is 0 Å². The second-order valence-corrected chi connectivity index (χ2v) is 8.33. The van der Waals surface area contributed by atoms with E-state index in [0.29, 0.717) is 24.5 Å². The molecule has 0 N–H and O–H groups in total. The third-order valence-corrected chi connectivity index (χ3v) is 5.94. The van der Waals surface area contributed by atoms with Crippen molar-refractivity contribution in [3.05, 3.63) is 48.1 Å². The van der Waals surface area contributed by atoms with E-state index in [9.17, 15) is 9.59 Å². The van der Waals surface area contributed by atoms with Crippen molar-refractivity contribution in [2.75, 3.05) is 6.61 Å². The molecule has 0 spiro atoms. The standard InChI is InChI=1S/C24H28N2O4/c1-5-7-18-10-15(11-19(29-6-2)22(18)30-14(3)4)13-25-26-23(27)20-16-8-9-17(12-16)21(20)24(26)28/h5,8-11,13-14,16-17,20-21H,1,6-7,12H2,2-4H3/t16-,17-,20-,21+/m0/s1. The van der Waals surface area contributed by atoms with E-state index in [1.165, 1.54) is 0 Å². The van der Waals surface area contributed by atoms with E-state index < -0.39 is 0 Å². The Balaban J connectivity index is 1.62. The fourth-order valence-electron chi connectivity index (χ4n) is 4.82. The molecule has 1 heterocycles. The van der Waals surface area contributed by atoms with Crippen molar-refractivity contribution in [1.82, 2.24) is 5.01 Å². The smallest absolute Gasteiger partial charge is 0.254 e. The van der Waals surface area contributed by atoms with Crippen LogP contribution in [-0.2, 0) is 16.0 Å². The molecule has 1 saturated heterocycles. The molecule has 30 heavy (non-hydrogen) atoms. The molecule has 4 atom stereocenters. The maximum atomic E-state index is 12.8. The summed E-state index contributed by atoms with van der Waals surface area (Å²) in [4.78, 5) is 25.6. The highest BCUT2D eigenvalue weighted by Crippen LogP contribution is 2.52. The van der Waals surface area contributed by atoms with E-state index in [0.717, 1.165) is 22.6 Å². The number of nitrogens with zero attached hydrogens (tertiary/aromatic N) is 2. The quantitative estimate of drug-likeness (QED) is 0.373. The summed E-state index contributed by atoms with van der Waals surface area (Å²) in [6.45, 7) is 10.2. The van der Waals surface area contributed by atoms with Crippen LogP contribution in [0.3, 0.4) is 0 Å². The summed E-state index contributed by atoms with van der Waals surface area (Å²) >= 11 is 0. The first-order valence-electron chi connectivity index (χ1n) is 10.6. The van der Waals surface area contributed by atoms with Crippen molar-refractivity contribution in [3.8, 4) is 11.5 Å². The van der Waals surface area contributed by atoms with Crippen molar-refractivity contribution < 1.29 is 19.1 Å². The number of rotatable bonds is 8. The number of imide groups is 1. The van der Waals surface area contributed by atoms with Crippen LogP contribution in [0.4, 0.5) is 0 Å². The Morgan fingerprint density at radius 2 is 1.87 bits per heavy atom. The predicted octanol–water partition coefficient (Wildman–Crippen LogP) is 3.74. The van der Waals surface area contributed by atoms with E-state index in [1.54, 1.807) is 12.3 Å². The molecule has 6 heteroatoms. The van der Waals surface area contributed by atoms with Crippen LogP contribution in [0.25, 0.3) is 0 Å². The van der Waals surface area contributed by atoms with Crippen LogP contribution in [-0.4, -0.2) is 35.7 Å². The highest BCUT2D eigenvalue weighted by atomic mass is 16.5. The maximum absolute atomic E-state index is 12.8. The molecule has 0 aromatic heterocycles. The minimum Gasteiger partial charge on any atom is -0.490 e. The summed E-state index contributed by atoms with van der Waals surface area (Å²) < 4.78 is 11.8. The van der Waals surface area contributed by atoms with Gasteiger partial charge in [-0.25, -0.2) is 0 Å². The lowest BCUT2D eigenvalue weighted by Gasteiger charge is -2.19. The number of hydrogen-bond acceptors (Lipinski definition) is 5. The molecule has 6 nitrogen and oxygen atoms in total. The highest BCUT2D eigenvalue weighted by Gasteiger charge is 2.59. The fraction of sp³-hybridized carbons (Fsp3) is 0.458. The molecular weight excluding hydrogens is 380 g/mol. The Bertz CT molecular complexity index is 903. The van der Waals surface area contributed by atoms with Crippen molar-refractivity contribution in [3.63, 3.8) is 0 Å². The van der Waals surface area contributed by atoms with Gasteiger partial charge in [0.15, 0.2) is 11.5 Å². The molecule has 0 radical (unpaired) electrons. The number of hydrogen-bond donors (Lipinski definition) is 0. The summed E-state index contributed by atoms with van der Waals surface area (Å²) in [5, 5.41) is 5.35. The van der Waals surface area contributed by atoms with Gasteiger partial charge in [-0.1, -0.05) is 18.2 Å². The molecule has 0 unspecified atom stereocenters. The average molecular weight is 408 g/mol. The lowest BCUT2D eigenvalue weighted by molar-refractivity contribution is -0.140. The van der Waals surface area contributed by atoms with Crippen molar-refractivity contribution in [2.45, 2.75) is 39.7 Å². The van der Waals surface area contributed by atoms with Crippen LogP contribution in [0.1, 0.15) is 38.3 Å². The van der Waals surface area contributed by atoms with E-state index >= 15 is 0 Å². The van der Waals surface area contributed by atoms with Gasteiger partial charge in [0, 0.05) is 5.56 Å². The first kappa shape index (κ1) is 20.4. The molecule has 2 bridgehead atoms. The number of hydrazone groups is 1. The van der Waals surface area contributed by atoms with Crippen LogP contribution in [0.15, 0.2) is 42.0 Å². The average Bonchev–Trinajstić information content (AvgIpc) is 3.37. The van der Waals surface area contributed by atoms with Crippen LogP contribution >= 0.6 is 0 Å². The number of fused-ring (bicyclic) bond motifs is 5. The van der Waals surface area contributed by atoms with Gasteiger partial charge in [-0.3, -0.25) is 9.59 Å². The summed E-state index contributed by atoms with van der Waals surface area (Å²) in [6.07, 6.45) is 9.02. The Kier molecular flexibility index (Phi) is 5.50. The summed E-state index contributed by atoms with van der Waals surface area (Å²) in [6, 6.07) is 3.76. The minimum atomic E-state index is -0.248. The van der Waals surface area contributed by atoms with Gasteiger partial charge in [-0.2, -0.15) is 10.1 Å². The monoisotopic (exact) mass is 408 g/mol. The molecule has 1 aliphatic heterocycles. The van der Waals surface area contributed by atoms with Crippen LogP contribution in [0.5, 0.6) is 11.5 Å². The molecule has 158 valence electrons. The van der Waals surface area contributed by atoms with Crippen LogP contribution in [0.2, 0.25) is 0 Å². The first-order chi connectivity index (χ1) is 14.4. The number of carbonyl (C=O) groups is 2. The van der Waals surface area contributed by atoms with Gasteiger partial charge in [0.1, 0.15) is 0 Å². The Morgan fingerprint density at radius 1 is 1.20 bits per heavy atom. The molecule has 1 aromatic rings. The van der Waals surface area contributed by atoms with Gasteiger partial charge in [-0.05, 0) is 63.1 Å². The topological polar surface area (TPSA) is 68.2 Å². The first-order valence-corrected chi connectivity index (χ1v) is 10.6. The lowest BCUT2D eigenvalue weighted by Crippen LogP contribution is -2.28. The second kappa shape index (κ2) is 8.09. The number of allylic oxidation sites excluding steroid dienone is 3. The second-order valence-electron chi connectivity index (χ2n) is 8.33. The molecule has 2 amide bonds. The third-order valence-electron chi connectivity index (χ3n) is 5.94. The molecule has 4 rings (SSSR count). The zero-order chi connectivity index (χ0) is 21.4. The van der Waals surface area contributed by atoms with Gasteiger partial charge >= 0.3 is 0 Å². The molecule has 2 fully saturated rings. The fourth-order valence-corrected chi connectivity index (χ4v) is 4.82. The maximum Gasteiger partial charge on any atom is 0.254 e. The normalized spacial score (nSPS) is 26.9. The third kappa shape index (κ3) is 3.44. The van der Waals surface area contributed by atoms with Gasteiger partial charge in [-0.15, -0.1) is 6.58 Å². The Labute approximate surface area is 177 Å². The summed E-state index contributed by atoms with van der Waals surface area (Å²) in [5.74, 6) is 0.785. The highest BCUT2D eigenvalue weighted by molar-refractivity contribution is 6.06. The molecule has 2 aliphatic carbocycles. The molecular formula is C24H28N2O4. The van der Waals surface area contributed by atoms with E-state index in [4.69, 9.17) is 9.47 Å². The zero-order valence-corrected chi connectivity index (χ0v) is 17.7.